The van der Waals surface area contributed by atoms with E-state index in [0.29, 0.717) is 16.9 Å². The molecular formula is C17H15IO3. The van der Waals surface area contributed by atoms with Crippen LogP contribution in [0.3, 0.4) is 0 Å². The molecule has 3 nitrogen and oxygen atoms in total. The minimum atomic E-state index is -0.946. The lowest BCUT2D eigenvalue weighted by molar-refractivity contribution is -0.114. The fourth-order valence-electron chi connectivity index (χ4n) is 1.88. The Morgan fingerprint density at radius 3 is 2.43 bits per heavy atom. The molecule has 0 radical (unpaired) electrons. The van der Waals surface area contributed by atoms with E-state index in [9.17, 15) is 9.90 Å². The second-order valence-corrected chi connectivity index (χ2v) is 5.13. The molecule has 0 heterocycles. The first-order valence-electron chi connectivity index (χ1n) is 6.44. The Hall–Kier alpha value is -1.66. The Morgan fingerprint density at radius 2 is 1.81 bits per heavy atom. The number of carbonyl (C=O) groups is 1. The monoisotopic (exact) mass is 394 g/mol. The summed E-state index contributed by atoms with van der Waals surface area (Å²) in [4.78, 5) is 11.5. The maximum atomic E-state index is 11.5. The van der Waals surface area contributed by atoms with E-state index in [0.717, 1.165) is 5.75 Å². The van der Waals surface area contributed by atoms with Gasteiger partial charge in [0.25, 0.3) is 0 Å². The molecular weight excluding hydrogens is 379 g/mol. The Morgan fingerprint density at radius 1 is 1.14 bits per heavy atom. The quantitative estimate of drug-likeness (QED) is 0.603. The summed E-state index contributed by atoms with van der Waals surface area (Å²) in [5, 5.41) is 10.3. The molecule has 1 atom stereocenters. The minimum Gasteiger partial charge on any atom is -0.457 e. The average Bonchev–Trinajstić information content (AvgIpc) is 2.49. The van der Waals surface area contributed by atoms with Crippen molar-refractivity contribution < 1.29 is 14.6 Å². The van der Waals surface area contributed by atoms with E-state index in [1.807, 2.05) is 59.0 Å². The van der Waals surface area contributed by atoms with Crippen molar-refractivity contribution in [2.24, 2.45) is 0 Å². The van der Waals surface area contributed by atoms with E-state index in [1.165, 1.54) is 6.92 Å². The van der Waals surface area contributed by atoms with Crippen LogP contribution >= 0.6 is 22.6 Å². The van der Waals surface area contributed by atoms with E-state index in [1.54, 1.807) is 22.3 Å². The number of rotatable bonds is 5. The molecule has 21 heavy (non-hydrogen) atoms. The van der Waals surface area contributed by atoms with Crippen molar-refractivity contribution in [2.45, 2.75) is 13.0 Å². The summed E-state index contributed by atoms with van der Waals surface area (Å²) >= 11 is 1.96. The number of aliphatic hydroxyl groups excluding tert-OH is 1. The van der Waals surface area contributed by atoms with Gasteiger partial charge in [0.1, 0.15) is 17.6 Å². The van der Waals surface area contributed by atoms with Crippen molar-refractivity contribution in [3.05, 3.63) is 69.8 Å². The number of halogens is 1. The first-order valence-corrected chi connectivity index (χ1v) is 7.68. The van der Waals surface area contributed by atoms with E-state index < -0.39 is 6.10 Å². The lowest BCUT2D eigenvalue weighted by Gasteiger charge is -2.14. The van der Waals surface area contributed by atoms with Gasteiger partial charge < -0.3 is 9.84 Å². The lowest BCUT2D eigenvalue weighted by Crippen LogP contribution is -2.08. The van der Waals surface area contributed by atoms with Crippen LogP contribution in [0.2, 0.25) is 0 Å². The largest absolute Gasteiger partial charge is 0.457 e. The van der Waals surface area contributed by atoms with Gasteiger partial charge in [-0.2, -0.15) is 0 Å². The fourth-order valence-corrected chi connectivity index (χ4v) is 2.66. The molecule has 2 rings (SSSR count). The van der Waals surface area contributed by atoms with Gasteiger partial charge in [-0.05, 0) is 40.8 Å². The number of carbonyl (C=O) groups excluding carboxylic acids is 1. The number of para-hydroxylation sites is 1. The molecule has 1 N–H and O–H groups in total. The van der Waals surface area contributed by atoms with Gasteiger partial charge in [-0.3, -0.25) is 4.79 Å². The van der Waals surface area contributed by atoms with Crippen LogP contribution in [-0.2, 0) is 4.79 Å². The molecule has 0 saturated heterocycles. The molecule has 0 saturated carbocycles. The molecule has 0 aliphatic rings. The summed E-state index contributed by atoms with van der Waals surface area (Å²) in [5.74, 6) is 1.20. The van der Waals surface area contributed by atoms with Gasteiger partial charge in [0.2, 0.25) is 0 Å². The summed E-state index contributed by atoms with van der Waals surface area (Å²) in [6.45, 7) is 1.44. The Kier molecular flexibility index (Phi) is 5.52. The third-order valence-electron chi connectivity index (χ3n) is 2.97. The van der Waals surface area contributed by atoms with Crippen LogP contribution in [0.25, 0.3) is 0 Å². The van der Waals surface area contributed by atoms with Crippen LogP contribution in [0.1, 0.15) is 18.6 Å². The van der Waals surface area contributed by atoms with Crippen LogP contribution in [0, 0.1) is 0 Å². The number of hydrogen-bond acceptors (Lipinski definition) is 3. The molecule has 0 spiro atoms. The number of Topliss-reactive ketones (excluding diaryl/α,β-unsaturated/α-hetero) is 1. The zero-order valence-corrected chi connectivity index (χ0v) is 13.7. The highest BCUT2D eigenvalue weighted by Gasteiger charge is 2.17. The maximum absolute atomic E-state index is 11.5. The molecule has 0 bridgehead atoms. The summed E-state index contributed by atoms with van der Waals surface area (Å²) in [6.07, 6.45) is -0.946. The average molecular weight is 394 g/mol. The molecule has 0 aromatic heterocycles. The molecule has 0 aliphatic carbocycles. The van der Waals surface area contributed by atoms with Gasteiger partial charge in [0.05, 0.1) is 0 Å². The predicted octanol–water partition coefficient (Wildman–Crippen LogP) is 4.42. The smallest absolute Gasteiger partial charge is 0.159 e. The van der Waals surface area contributed by atoms with Gasteiger partial charge >= 0.3 is 0 Å². The zero-order chi connectivity index (χ0) is 15.2. The highest BCUT2D eigenvalue weighted by atomic mass is 127. The van der Waals surface area contributed by atoms with Crippen LogP contribution in [0.15, 0.2) is 64.3 Å². The molecule has 4 heteroatoms. The van der Waals surface area contributed by atoms with Crippen molar-refractivity contribution in [3.8, 4) is 11.5 Å². The van der Waals surface area contributed by atoms with Crippen molar-refractivity contribution in [3.63, 3.8) is 0 Å². The van der Waals surface area contributed by atoms with Crippen molar-refractivity contribution in [2.75, 3.05) is 0 Å². The zero-order valence-electron chi connectivity index (χ0n) is 11.5. The Bertz CT molecular complexity index is 650. The summed E-state index contributed by atoms with van der Waals surface area (Å²) < 4.78 is 7.33. The predicted molar refractivity (Wildman–Crippen MR) is 90.7 cm³/mol. The van der Waals surface area contributed by atoms with Crippen molar-refractivity contribution in [1.29, 1.82) is 0 Å². The van der Waals surface area contributed by atoms with E-state index >= 15 is 0 Å². The lowest BCUT2D eigenvalue weighted by atomic mass is 10.0. The number of ketones is 1. The molecule has 2 aromatic rings. The topological polar surface area (TPSA) is 46.5 Å². The van der Waals surface area contributed by atoms with Crippen LogP contribution in [-0.4, -0.2) is 10.9 Å². The van der Waals surface area contributed by atoms with E-state index in [2.05, 4.69) is 0 Å². The molecule has 0 fully saturated rings. The van der Waals surface area contributed by atoms with Crippen molar-refractivity contribution in [1.82, 2.24) is 0 Å². The molecule has 2 aromatic carbocycles. The van der Waals surface area contributed by atoms with Gasteiger partial charge in [-0.25, -0.2) is 0 Å². The number of aliphatic hydroxyl groups is 1. The van der Waals surface area contributed by atoms with Crippen LogP contribution < -0.4 is 4.74 Å². The number of hydrogen-bond donors (Lipinski definition) is 1. The second kappa shape index (κ2) is 7.38. The van der Waals surface area contributed by atoms with Gasteiger partial charge in [-0.15, -0.1) is 0 Å². The summed E-state index contributed by atoms with van der Waals surface area (Å²) in [6, 6.07) is 16.5. The maximum Gasteiger partial charge on any atom is 0.159 e. The first kappa shape index (κ1) is 15.7. The third kappa shape index (κ3) is 4.15. The minimum absolute atomic E-state index is 0.147. The Labute approximate surface area is 137 Å². The van der Waals surface area contributed by atoms with Gasteiger partial charge in [-0.1, -0.05) is 52.9 Å². The molecule has 0 amide bonds. The van der Waals surface area contributed by atoms with E-state index in [-0.39, 0.29) is 5.78 Å². The van der Waals surface area contributed by atoms with Crippen molar-refractivity contribution >= 4 is 28.4 Å². The highest BCUT2D eigenvalue weighted by molar-refractivity contribution is 14.1. The van der Waals surface area contributed by atoms with E-state index in [4.69, 9.17) is 4.74 Å². The van der Waals surface area contributed by atoms with Gasteiger partial charge in [0, 0.05) is 5.57 Å². The third-order valence-corrected chi connectivity index (χ3v) is 3.64. The van der Waals surface area contributed by atoms with Crippen LogP contribution in [0.4, 0.5) is 0 Å². The number of ether oxygens (including phenoxy) is 1. The molecule has 1 unspecified atom stereocenters. The summed E-state index contributed by atoms with van der Waals surface area (Å²) in [7, 11) is 0. The van der Waals surface area contributed by atoms with Crippen LogP contribution in [0.5, 0.6) is 11.5 Å². The fraction of sp³-hybridized carbons (Fsp3) is 0.118. The van der Waals surface area contributed by atoms with Gasteiger partial charge in [0.15, 0.2) is 5.78 Å². The Balaban J connectivity index is 2.23. The first-order chi connectivity index (χ1) is 10.1. The summed E-state index contributed by atoms with van der Waals surface area (Å²) in [5.41, 5.74) is 0.994. The second-order valence-electron chi connectivity index (χ2n) is 4.51. The normalized spacial score (nSPS) is 12.8. The molecule has 108 valence electrons. The molecule has 0 aliphatic heterocycles. The highest BCUT2D eigenvalue weighted by Crippen LogP contribution is 2.28. The standard InChI is InChI=1S/C17H15IO3/c1-12(19)16(11-18)17(20)13-6-5-9-15(10-13)21-14-7-3-2-4-8-14/h2-11,17,20H,1H3/b16-11+. The number of benzene rings is 2. The SMILES string of the molecule is CC(=O)/C(=C\I)C(O)c1cccc(Oc2ccccc2)c1.